The molecule has 2 amide bonds. The van der Waals surface area contributed by atoms with Gasteiger partial charge in [0, 0.05) is 26.1 Å². The fraction of sp³-hybridized carbons (Fsp3) is 0.400. The van der Waals surface area contributed by atoms with Crippen LogP contribution in [0.15, 0.2) is 45.9 Å². The Kier molecular flexibility index (Phi) is 7.64. The molecule has 0 atom stereocenters. The molecule has 1 N–H and O–H groups in total. The first-order valence-corrected chi connectivity index (χ1v) is 11.9. The first-order valence-electron chi connectivity index (χ1n) is 9.68. The van der Waals surface area contributed by atoms with E-state index in [1.165, 1.54) is 27.6 Å². The second kappa shape index (κ2) is 10.0. The summed E-state index contributed by atoms with van der Waals surface area (Å²) in [6.07, 6.45) is 2.21. The number of carbonyl (C=O) groups is 2. The van der Waals surface area contributed by atoms with Crippen molar-refractivity contribution < 1.29 is 22.4 Å². The number of hydrogen-bond acceptors (Lipinski definition) is 5. The molecule has 0 aliphatic carbocycles. The molecule has 8 nitrogen and oxygen atoms in total. The molecule has 3 rings (SSSR count). The topological polar surface area (TPSA) is 99.9 Å². The Bertz CT molecular complexity index is 1010. The van der Waals surface area contributed by atoms with E-state index in [-0.39, 0.29) is 58.9 Å². The molecule has 2 aromatic rings. The molecule has 0 bridgehead atoms. The van der Waals surface area contributed by atoms with Gasteiger partial charge in [-0.25, -0.2) is 8.42 Å². The summed E-state index contributed by atoms with van der Waals surface area (Å²) in [4.78, 5) is 26.0. The SMILES string of the molecule is CN(CC(=O)NCc1ccco1)C(=O)C1CCN(S(=O)(=O)c2c(Cl)cccc2Cl)CC1. The fourth-order valence-electron chi connectivity index (χ4n) is 3.46. The van der Waals surface area contributed by atoms with Gasteiger partial charge in [0.1, 0.15) is 10.7 Å². The molecule has 2 heterocycles. The van der Waals surface area contributed by atoms with Crippen LogP contribution in [-0.2, 0) is 26.2 Å². The number of furan rings is 1. The Hall–Kier alpha value is -2.07. The van der Waals surface area contributed by atoms with Crippen molar-refractivity contribution in [1.29, 1.82) is 0 Å². The van der Waals surface area contributed by atoms with Crippen LogP contribution in [0, 0.1) is 5.92 Å². The lowest BCUT2D eigenvalue weighted by atomic mass is 9.96. The number of hydrogen-bond donors (Lipinski definition) is 1. The molecule has 1 aliphatic heterocycles. The predicted octanol–water partition coefficient (Wildman–Crippen LogP) is 2.76. The van der Waals surface area contributed by atoms with Crippen molar-refractivity contribution >= 4 is 45.0 Å². The molecule has 1 aliphatic rings. The highest BCUT2D eigenvalue weighted by Crippen LogP contribution is 2.33. The molecule has 0 spiro atoms. The predicted molar refractivity (Wildman–Crippen MR) is 116 cm³/mol. The lowest BCUT2D eigenvalue weighted by Gasteiger charge is -2.32. The average Bonchev–Trinajstić information content (AvgIpc) is 3.25. The lowest BCUT2D eigenvalue weighted by molar-refractivity contribution is -0.139. The Morgan fingerprint density at radius 2 is 1.81 bits per heavy atom. The quantitative estimate of drug-likeness (QED) is 0.646. The Morgan fingerprint density at radius 3 is 2.39 bits per heavy atom. The molecule has 1 aromatic heterocycles. The Morgan fingerprint density at radius 1 is 1.16 bits per heavy atom. The van der Waals surface area contributed by atoms with Crippen LogP contribution in [0.25, 0.3) is 0 Å². The third kappa shape index (κ3) is 5.60. The molecule has 0 saturated carbocycles. The number of likely N-dealkylation sites (N-methyl/N-ethyl adjacent to an activating group) is 1. The largest absolute Gasteiger partial charge is 0.467 e. The maximum atomic E-state index is 13.0. The second-order valence-corrected chi connectivity index (χ2v) is 9.97. The highest BCUT2D eigenvalue weighted by molar-refractivity contribution is 7.89. The van der Waals surface area contributed by atoms with Crippen LogP contribution in [0.2, 0.25) is 10.0 Å². The van der Waals surface area contributed by atoms with E-state index in [4.69, 9.17) is 27.6 Å². The molecule has 1 saturated heterocycles. The van der Waals surface area contributed by atoms with Gasteiger partial charge in [-0.1, -0.05) is 29.3 Å². The van der Waals surface area contributed by atoms with Crippen molar-refractivity contribution in [3.05, 3.63) is 52.4 Å². The van der Waals surface area contributed by atoms with Gasteiger partial charge >= 0.3 is 0 Å². The summed E-state index contributed by atoms with van der Waals surface area (Å²) in [5.41, 5.74) is 0. The van der Waals surface area contributed by atoms with Gasteiger partial charge in [-0.15, -0.1) is 0 Å². The van der Waals surface area contributed by atoms with Crippen molar-refractivity contribution in [2.45, 2.75) is 24.3 Å². The van der Waals surface area contributed by atoms with Gasteiger partial charge in [0.25, 0.3) is 0 Å². The van der Waals surface area contributed by atoms with E-state index < -0.39 is 10.0 Å². The zero-order chi connectivity index (χ0) is 22.6. The van der Waals surface area contributed by atoms with Gasteiger partial charge in [-0.3, -0.25) is 9.59 Å². The second-order valence-electron chi connectivity index (χ2n) is 7.28. The average molecular weight is 488 g/mol. The number of benzene rings is 1. The third-order valence-electron chi connectivity index (χ3n) is 5.12. The van der Waals surface area contributed by atoms with Crippen molar-refractivity contribution in [3.63, 3.8) is 0 Å². The minimum Gasteiger partial charge on any atom is -0.467 e. The van der Waals surface area contributed by atoms with Gasteiger partial charge in [-0.05, 0) is 37.1 Å². The maximum Gasteiger partial charge on any atom is 0.246 e. The van der Waals surface area contributed by atoms with Crippen molar-refractivity contribution in [2.24, 2.45) is 5.92 Å². The van der Waals surface area contributed by atoms with E-state index in [1.807, 2.05) is 0 Å². The van der Waals surface area contributed by atoms with E-state index in [0.717, 1.165) is 0 Å². The van der Waals surface area contributed by atoms with E-state index in [0.29, 0.717) is 18.6 Å². The first kappa shape index (κ1) is 23.6. The Labute approximate surface area is 191 Å². The summed E-state index contributed by atoms with van der Waals surface area (Å²) in [5.74, 6) is -0.243. The number of carbonyl (C=O) groups excluding carboxylic acids is 2. The number of amides is 2. The van der Waals surface area contributed by atoms with E-state index in [2.05, 4.69) is 5.32 Å². The molecule has 1 aromatic carbocycles. The van der Waals surface area contributed by atoms with Crippen LogP contribution in [0.3, 0.4) is 0 Å². The van der Waals surface area contributed by atoms with E-state index in [1.54, 1.807) is 25.2 Å². The number of nitrogens with one attached hydrogen (secondary N) is 1. The summed E-state index contributed by atoms with van der Waals surface area (Å²) in [6.45, 7) is 0.486. The zero-order valence-electron chi connectivity index (χ0n) is 16.9. The minimum atomic E-state index is -3.87. The van der Waals surface area contributed by atoms with Crippen molar-refractivity contribution in [1.82, 2.24) is 14.5 Å². The molecule has 0 unspecified atom stereocenters. The number of rotatable bonds is 7. The number of nitrogens with zero attached hydrogens (tertiary/aromatic N) is 2. The van der Waals surface area contributed by atoms with Gasteiger partial charge in [0.15, 0.2) is 0 Å². The summed E-state index contributed by atoms with van der Waals surface area (Å²) < 4.78 is 32.4. The van der Waals surface area contributed by atoms with Crippen LogP contribution in [-0.4, -0.2) is 56.1 Å². The number of halogens is 2. The Balaban J connectivity index is 1.53. The van der Waals surface area contributed by atoms with Crippen LogP contribution >= 0.6 is 23.2 Å². The molecule has 0 radical (unpaired) electrons. The van der Waals surface area contributed by atoms with Gasteiger partial charge < -0.3 is 14.6 Å². The summed E-state index contributed by atoms with van der Waals surface area (Å²) in [5, 5.41) is 2.81. The fourth-order valence-corrected chi connectivity index (χ4v) is 6.02. The van der Waals surface area contributed by atoms with Gasteiger partial charge in [0.05, 0.1) is 29.4 Å². The van der Waals surface area contributed by atoms with Crippen LogP contribution in [0.1, 0.15) is 18.6 Å². The monoisotopic (exact) mass is 487 g/mol. The highest BCUT2D eigenvalue weighted by atomic mass is 35.5. The third-order valence-corrected chi connectivity index (χ3v) is 7.97. The van der Waals surface area contributed by atoms with E-state index >= 15 is 0 Å². The molecule has 11 heteroatoms. The molecule has 1 fully saturated rings. The van der Waals surface area contributed by atoms with Crippen molar-refractivity contribution in [3.8, 4) is 0 Å². The first-order chi connectivity index (χ1) is 14.7. The maximum absolute atomic E-state index is 13.0. The van der Waals surface area contributed by atoms with E-state index in [9.17, 15) is 18.0 Å². The number of piperidine rings is 1. The highest BCUT2D eigenvalue weighted by Gasteiger charge is 2.35. The number of sulfonamides is 1. The smallest absolute Gasteiger partial charge is 0.246 e. The summed E-state index contributed by atoms with van der Waals surface area (Å²) in [7, 11) is -2.31. The summed E-state index contributed by atoms with van der Waals surface area (Å²) in [6, 6.07) is 8.00. The minimum absolute atomic E-state index is 0.0611. The normalized spacial score (nSPS) is 15.6. The van der Waals surface area contributed by atoms with Crippen molar-refractivity contribution in [2.75, 3.05) is 26.7 Å². The molecule has 168 valence electrons. The van der Waals surface area contributed by atoms with Crippen LogP contribution < -0.4 is 5.32 Å². The van der Waals surface area contributed by atoms with Crippen LogP contribution in [0.4, 0.5) is 0 Å². The van der Waals surface area contributed by atoms with Gasteiger partial charge in [0.2, 0.25) is 21.8 Å². The molecular weight excluding hydrogens is 465 g/mol. The standard InChI is InChI=1S/C20H23Cl2N3O5S/c1-24(13-18(26)23-12-15-4-3-11-30-15)20(27)14-7-9-25(10-8-14)31(28,29)19-16(21)5-2-6-17(19)22/h2-6,11,14H,7-10,12-13H2,1H3,(H,23,26). The molecular formula is C20H23Cl2N3O5S. The van der Waals surface area contributed by atoms with Crippen LogP contribution in [0.5, 0.6) is 0 Å². The van der Waals surface area contributed by atoms with Gasteiger partial charge in [-0.2, -0.15) is 4.31 Å². The summed E-state index contributed by atoms with van der Waals surface area (Å²) >= 11 is 12.1. The molecule has 31 heavy (non-hydrogen) atoms. The lowest BCUT2D eigenvalue weighted by Crippen LogP contribution is -2.45. The zero-order valence-corrected chi connectivity index (χ0v) is 19.2.